The monoisotopic (exact) mass is 394 g/mol. The van der Waals surface area contributed by atoms with Crippen molar-refractivity contribution in [2.45, 2.75) is 31.5 Å². The number of benzene rings is 2. The molecule has 5 rings (SSSR count). The number of H-pyrrole nitrogens is 1. The van der Waals surface area contributed by atoms with Crippen LogP contribution in [0.1, 0.15) is 18.4 Å². The highest BCUT2D eigenvalue weighted by atomic mass is 16.6. The van der Waals surface area contributed by atoms with E-state index in [1.54, 1.807) is 0 Å². The predicted molar refractivity (Wildman–Crippen MR) is 111 cm³/mol. The average Bonchev–Trinajstić information content (AvgIpc) is 3.21. The summed E-state index contributed by atoms with van der Waals surface area (Å²) < 4.78 is 11.5. The molecule has 0 saturated carbocycles. The van der Waals surface area contributed by atoms with Crippen LogP contribution in [-0.4, -0.2) is 58.7 Å². The van der Waals surface area contributed by atoms with Crippen LogP contribution in [-0.2, 0) is 6.54 Å². The van der Waals surface area contributed by atoms with Gasteiger partial charge in [0.15, 0.2) is 17.6 Å². The summed E-state index contributed by atoms with van der Waals surface area (Å²) in [6.45, 7) is 3.32. The Hall–Kier alpha value is -2.77. The zero-order chi connectivity index (χ0) is 19.6. The van der Waals surface area contributed by atoms with Crippen LogP contribution in [0.3, 0.4) is 0 Å². The zero-order valence-electron chi connectivity index (χ0n) is 16.3. The first-order chi connectivity index (χ1) is 14.3. The largest absolute Gasteiger partial charge is 0.486 e. The van der Waals surface area contributed by atoms with Gasteiger partial charge < -0.3 is 19.9 Å². The molecule has 2 aromatic carbocycles. The van der Waals surface area contributed by atoms with E-state index in [1.165, 1.54) is 18.4 Å². The van der Waals surface area contributed by atoms with E-state index in [1.807, 2.05) is 18.3 Å². The second kappa shape index (κ2) is 7.93. The van der Waals surface area contributed by atoms with Crippen molar-refractivity contribution in [1.29, 1.82) is 0 Å². The summed E-state index contributed by atoms with van der Waals surface area (Å²) in [5.41, 5.74) is 3.40. The van der Waals surface area contributed by atoms with E-state index < -0.39 is 0 Å². The molecule has 0 spiro atoms. The molecule has 29 heavy (non-hydrogen) atoms. The van der Waals surface area contributed by atoms with E-state index in [0.717, 1.165) is 47.7 Å². The van der Waals surface area contributed by atoms with E-state index in [-0.39, 0.29) is 12.7 Å². The average molecular weight is 394 g/mol. The number of hydrogen-bond donors (Lipinski definition) is 3. The van der Waals surface area contributed by atoms with Crippen molar-refractivity contribution in [2.24, 2.45) is 0 Å². The lowest BCUT2D eigenvalue weighted by atomic mass is 10.0. The lowest BCUT2D eigenvalue weighted by Gasteiger charge is -2.34. The molecular weight excluding hydrogens is 368 g/mol. The van der Waals surface area contributed by atoms with Crippen molar-refractivity contribution in [3.8, 4) is 11.5 Å². The van der Waals surface area contributed by atoms with Crippen molar-refractivity contribution >= 4 is 16.6 Å². The molecule has 152 valence electrons. The molecule has 2 aliphatic rings. The van der Waals surface area contributed by atoms with Crippen molar-refractivity contribution in [3.05, 3.63) is 48.2 Å². The molecule has 0 radical (unpaired) electrons. The number of likely N-dealkylation sites (tertiary alicyclic amines) is 1. The minimum absolute atomic E-state index is 0.0340. The third kappa shape index (κ3) is 4.02. The number of fused-ring (bicyclic) bond motifs is 2. The van der Waals surface area contributed by atoms with E-state index in [2.05, 4.69) is 44.7 Å². The number of anilines is 1. The molecule has 1 unspecified atom stereocenters. The van der Waals surface area contributed by atoms with Gasteiger partial charge in [-0.3, -0.25) is 10.00 Å². The Morgan fingerprint density at radius 2 is 2.17 bits per heavy atom. The molecule has 2 aliphatic heterocycles. The van der Waals surface area contributed by atoms with Crippen LogP contribution in [0.2, 0.25) is 0 Å². The lowest BCUT2D eigenvalue weighted by molar-refractivity contribution is 0.0454. The molecule has 0 aliphatic carbocycles. The number of aliphatic hydroxyl groups excluding tert-OH is 1. The summed E-state index contributed by atoms with van der Waals surface area (Å²) >= 11 is 0. The summed E-state index contributed by atoms with van der Waals surface area (Å²) in [4.78, 5) is 2.48. The number of aliphatic hydroxyl groups is 1. The predicted octanol–water partition coefficient (Wildman–Crippen LogP) is 2.77. The van der Waals surface area contributed by atoms with Crippen LogP contribution in [0, 0.1) is 0 Å². The Kier molecular flexibility index (Phi) is 4.99. The second-order valence-corrected chi connectivity index (χ2v) is 7.91. The number of ether oxygens (including phenoxy) is 2. The fourth-order valence-corrected chi connectivity index (χ4v) is 4.19. The Bertz CT molecular complexity index is 989. The summed E-state index contributed by atoms with van der Waals surface area (Å²) in [5, 5.41) is 21.2. The van der Waals surface area contributed by atoms with Crippen molar-refractivity contribution in [1.82, 2.24) is 15.1 Å². The molecule has 3 N–H and O–H groups in total. The minimum atomic E-state index is -0.283. The van der Waals surface area contributed by atoms with Gasteiger partial charge in [0.05, 0.1) is 18.3 Å². The van der Waals surface area contributed by atoms with Crippen LogP contribution >= 0.6 is 0 Å². The normalized spacial score (nSPS) is 22.0. The molecule has 3 heterocycles. The van der Waals surface area contributed by atoms with E-state index in [4.69, 9.17) is 9.47 Å². The van der Waals surface area contributed by atoms with Gasteiger partial charge in [0, 0.05) is 30.2 Å². The minimum Gasteiger partial charge on any atom is -0.486 e. The van der Waals surface area contributed by atoms with Gasteiger partial charge in [-0.25, -0.2) is 0 Å². The van der Waals surface area contributed by atoms with Gasteiger partial charge >= 0.3 is 0 Å². The topological polar surface area (TPSA) is 82.6 Å². The molecule has 1 fully saturated rings. The zero-order valence-corrected chi connectivity index (χ0v) is 16.3. The number of nitrogens with zero attached hydrogens (tertiary/aromatic N) is 2. The van der Waals surface area contributed by atoms with Gasteiger partial charge in [0.2, 0.25) is 0 Å². The molecule has 1 aromatic heterocycles. The van der Waals surface area contributed by atoms with Crippen LogP contribution in [0.5, 0.6) is 11.5 Å². The number of rotatable bonds is 5. The number of aromatic amines is 1. The highest BCUT2D eigenvalue weighted by Gasteiger charge is 2.23. The van der Waals surface area contributed by atoms with Crippen LogP contribution in [0.4, 0.5) is 5.69 Å². The lowest BCUT2D eigenvalue weighted by Crippen LogP contribution is -2.41. The van der Waals surface area contributed by atoms with Gasteiger partial charge in [0.25, 0.3) is 0 Å². The van der Waals surface area contributed by atoms with Crippen molar-refractivity contribution in [3.63, 3.8) is 0 Å². The van der Waals surface area contributed by atoms with Crippen LogP contribution < -0.4 is 14.8 Å². The summed E-state index contributed by atoms with van der Waals surface area (Å²) in [6.07, 6.45) is 3.91. The van der Waals surface area contributed by atoms with E-state index in [9.17, 15) is 5.11 Å². The van der Waals surface area contributed by atoms with Crippen LogP contribution in [0.25, 0.3) is 10.9 Å². The molecule has 0 bridgehead atoms. The molecule has 7 nitrogen and oxygen atoms in total. The first-order valence-electron chi connectivity index (χ1n) is 10.2. The Balaban J connectivity index is 1.23. The first kappa shape index (κ1) is 18.3. The van der Waals surface area contributed by atoms with E-state index in [0.29, 0.717) is 12.6 Å². The number of piperidine rings is 1. The molecule has 7 heteroatoms. The molecule has 3 aromatic rings. The Labute approximate surface area is 169 Å². The summed E-state index contributed by atoms with van der Waals surface area (Å²) in [6, 6.07) is 12.9. The maximum atomic E-state index is 9.32. The smallest absolute Gasteiger partial charge is 0.162 e. The highest BCUT2D eigenvalue weighted by molar-refractivity contribution is 5.81. The second-order valence-electron chi connectivity index (χ2n) is 7.91. The van der Waals surface area contributed by atoms with Gasteiger partial charge in [0.1, 0.15) is 6.61 Å². The molecular formula is C22H26N4O3. The number of hydrogen-bond acceptors (Lipinski definition) is 6. The van der Waals surface area contributed by atoms with Crippen molar-refractivity contribution in [2.75, 3.05) is 31.6 Å². The number of nitrogens with one attached hydrogen (secondary N) is 2. The van der Waals surface area contributed by atoms with E-state index >= 15 is 0 Å². The van der Waals surface area contributed by atoms with Gasteiger partial charge in [-0.15, -0.1) is 0 Å². The SMILES string of the molecule is OCC1COc2ccc(CN3CCC[C@@H](Nc4ccc5[nH]ncc5c4)C3)cc2O1. The van der Waals surface area contributed by atoms with Gasteiger partial charge in [-0.2, -0.15) is 5.10 Å². The third-order valence-corrected chi connectivity index (χ3v) is 5.65. The Morgan fingerprint density at radius 1 is 1.21 bits per heavy atom. The fraction of sp³-hybridized carbons (Fsp3) is 0.409. The third-order valence-electron chi connectivity index (χ3n) is 5.65. The molecule has 0 amide bonds. The van der Waals surface area contributed by atoms with Crippen molar-refractivity contribution < 1.29 is 14.6 Å². The molecule has 2 atom stereocenters. The first-order valence-corrected chi connectivity index (χ1v) is 10.2. The Morgan fingerprint density at radius 3 is 3.10 bits per heavy atom. The summed E-state index contributed by atoms with van der Waals surface area (Å²) in [5.74, 6) is 1.49. The standard InChI is InChI=1S/C22H26N4O3/c27-13-19-14-28-21-6-3-15(8-22(21)29-19)11-26-7-1-2-18(12-26)24-17-4-5-20-16(9-17)10-23-25-20/h3-6,8-10,18-19,24,27H,1-2,7,11-14H2,(H,23,25)/t18-,19?/m1/s1. The number of aromatic nitrogens is 2. The summed E-state index contributed by atoms with van der Waals surface area (Å²) in [7, 11) is 0. The maximum absolute atomic E-state index is 9.32. The quantitative estimate of drug-likeness (QED) is 0.617. The van der Waals surface area contributed by atoms with Gasteiger partial charge in [-0.05, 0) is 55.3 Å². The highest BCUT2D eigenvalue weighted by Crippen LogP contribution is 2.33. The van der Waals surface area contributed by atoms with Gasteiger partial charge in [-0.1, -0.05) is 6.07 Å². The molecule has 1 saturated heterocycles. The van der Waals surface area contributed by atoms with Crippen LogP contribution in [0.15, 0.2) is 42.6 Å². The fourth-order valence-electron chi connectivity index (χ4n) is 4.19. The maximum Gasteiger partial charge on any atom is 0.162 e.